The van der Waals surface area contributed by atoms with Crippen LogP contribution in [0.1, 0.15) is 52.4 Å². The number of hydrogen-bond donors (Lipinski definition) is 1. The van der Waals surface area contributed by atoms with E-state index in [1.807, 2.05) is 7.11 Å². The van der Waals surface area contributed by atoms with Crippen molar-refractivity contribution in [3.8, 4) is 0 Å². The summed E-state index contributed by atoms with van der Waals surface area (Å²) in [5.41, 5.74) is 6.70. The molecule has 1 saturated carbocycles. The molecule has 3 heteroatoms. The van der Waals surface area contributed by atoms with Crippen LogP contribution in [0.3, 0.4) is 0 Å². The summed E-state index contributed by atoms with van der Waals surface area (Å²) in [6, 6.07) is 0.138. The highest BCUT2D eigenvalue weighted by molar-refractivity contribution is 4.97. The molecule has 1 atom stereocenters. The summed E-state index contributed by atoms with van der Waals surface area (Å²) in [6.07, 6.45) is 6.60. The molecule has 3 nitrogen and oxygen atoms in total. The Morgan fingerprint density at radius 3 is 2.18 bits per heavy atom. The molecule has 1 unspecified atom stereocenters. The molecule has 0 aromatic rings. The van der Waals surface area contributed by atoms with Crippen LogP contribution in [-0.4, -0.2) is 32.5 Å². The van der Waals surface area contributed by atoms with Gasteiger partial charge in [0.15, 0.2) is 0 Å². The number of ether oxygens (including phenoxy) is 2. The third kappa shape index (κ3) is 3.94. The number of nitrogens with two attached hydrogens (primary N) is 1. The maximum atomic E-state index is 6.34. The van der Waals surface area contributed by atoms with Crippen LogP contribution in [0.15, 0.2) is 0 Å². The molecular formula is C14H29NO2. The Bertz CT molecular complexity index is 218. The van der Waals surface area contributed by atoms with Gasteiger partial charge in [0.05, 0.1) is 5.60 Å². The Labute approximate surface area is 106 Å². The summed E-state index contributed by atoms with van der Waals surface area (Å²) in [5.74, 6) is 0. The highest BCUT2D eigenvalue weighted by atomic mass is 16.5. The first-order valence-corrected chi connectivity index (χ1v) is 6.75. The van der Waals surface area contributed by atoms with E-state index in [9.17, 15) is 0 Å². The van der Waals surface area contributed by atoms with Gasteiger partial charge in [-0.05, 0) is 43.9 Å². The van der Waals surface area contributed by atoms with E-state index in [1.165, 1.54) is 12.8 Å². The van der Waals surface area contributed by atoms with Crippen LogP contribution in [-0.2, 0) is 9.47 Å². The molecule has 0 aromatic carbocycles. The molecule has 0 bridgehead atoms. The van der Waals surface area contributed by atoms with E-state index in [4.69, 9.17) is 15.2 Å². The zero-order valence-electron chi connectivity index (χ0n) is 11.9. The lowest BCUT2D eigenvalue weighted by Crippen LogP contribution is -2.52. The molecular weight excluding hydrogens is 214 g/mol. The molecule has 102 valence electrons. The average molecular weight is 243 g/mol. The van der Waals surface area contributed by atoms with Crippen LogP contribution in [0.2, 0.25) is 0 Å². The fraction of sp³-hybridized carbons (Fsp3) is 1.00. The van der Waals surface area contributed by atoms with Crippen LogP contribution in [0.5, 0.6) is 0 Å². The molecule has 0 aliphatic heterocycles. The quantitative estimate of drug-likeness (QED) is 0.730. The van der Waals surface area contributed by atoms with Gasteiger partial charge in [0.1, 0.15) is 0 Å². The van der Waals surface area contributed by atoms with Crippen molar-refractivity contribution in [3.05, 3.63) is 0 Å². The second-order valence-corrected chi connectivity index (χ2v) is 6.17. The van der Waals surface area contributed by atoms with Crippen molar-refractivity contribution >= 4 is 0 Å². The van der Waals surface area contributed by atoms with Gasteiger partial charge in [0.25, 0.3) is 0 Å². The smallest absolute Gasteiger partial charge is 0.0829 e. The Morgan fingerprint density at radius 1 is 1.12 bits per heavy atom. The SMILES string of the molecule is COCCCC(N)C1(OC)CCC(C)(C)CC1. The van der Waals surface area contributed by atoms with E-state index in [0.717, 1.165) is 32.3 Å². The second-order valence-electron chi connectivity index (χ2n) is 6.17. The minimum Gasteiger partial charge on any atom is -0.385 e. The first-order valence-electron chi connectivity index (χ1n) is 6.75. The van der Waals surface area contributed by atoms with Crippen molar-refractivity contribution in [3.63, 3.8) is 0 Å². The minimum absolute atomic E-state index is 0.0940. The molecule has 0 aromatic heterocycles. The first kappa shape index (κ1) is 14.9. The Morgan fingerprint density at radius 2 is 1.71 bits per heavy atom. The molecule has 1 aliphatic carbocycles. The summed E-state index contributed by atoms with van der Waals surface area (Å²) in [4.78, 5) is 0. The molecule has 1 rings (SSSR count). The number of rotatable bonds is 6. The van der Waals surface area contributed by atoms with Crippen LogP contribution >= 0.6 is 0 Å². The van der Waals surface area contributed by atoms with Crippen molar-refractivity contribution in [2.75, 3.05) is 20.8 Å². The Balaban J connectivity index is 2.51. The molecule has 1 aliphatic rings. The summed E-state index contributed by atoms with van der Waals surface area (Å²) < 4.78 is 10.9. The van der Waals surface area contributed by atoms with Crippen molar-refractivity contribution in [1.82, 2.24) is 0 Å². The molecule has 0 heterocycles. The van der Waals surface area contributed by atoms with Gasteiger partial charge in [0, 0.05) is 26.9 Å². The fourth-order valence-electron chi connectivity index (χ4n) is 2.79. The van der Waals surface area contributed by atoms with E-state index < -0.39 is 0 Å². The lowest BCUT2D eigenvalue weighted by molar-refractivity contribution is -0.0806. The number of hydrogen-bond acceptors (Lipinski definition) is 3. The van der Waals surface area contributed by atoms with Crippen LogP contribution in [0.25, 0.3) is 0 Å². The standard InChI is InChI=1S/C14H29NO2/c1-13(2)7-9-14(17-4,10-8-13)12(15)6-5-11-16-3/h12H,5-11,15H2,1-4H3. The van der Waals surface area contributed by atoms with E-state index in [-0.39, 0.29) is 11.6 Å². The van der Waals surface area contributed by atoms with Crippen molar-refractivity contribution < 1.29 is 9.47 Å². The third-order valence-electron chi connectivity index (χ3n) is 4.40. The fourth-order valence-corrected chi connectivity index (χ4v) is 2.79. The predicted octanol–water partition coefficient (Wildman–Crippen LogP) is 2.73. The molecule has 2 N–H and O–H groups in total. The van der Waals surface area contributed by atoms with Crippen molar-refractivity contribution in [2.45, 2.75) is 64.0 Å². The Kier molecular flexibility index (Phi) is 5.42. The van der Waals surface area contributed by atoms with E-state index >= 15 is 0 Å². The lowest BCUT2D eigenvalue weighted by Gasteiger charge is -2.46. The monoisotopic (exact) mass is 243 g/mol. The zero-order chi connectivity index (χ0) is 12.9. The van der Waals surface area contributed by atoms with Crippen LogP contribution < -0.4 is 5.73 Å². The van der Waals surface area contributed by atoms with E-state index in [1.54, 1.807) is 7.11 Å². The van der Waals surface area contributed by atoms with Crippen LogP contribution in [0, 0.1) is 5.41 Å². The van der Waals surface area contributed by atoms with Gasteiger partial charge < -0.3 is 15.2 Å². The largest absolute Gasteiger partial charge is 0.385 e. The predicted molar refractivity (Wildman–Crippen MR) is 71.1 cm³/mol. The molecule has 0 amide bonds. The summed E-state index contributed by atoms with van der Waals surface area (Å²) in [5, 5.41) is 0. The lowest BCUT2D eigenvalue weighted by atomic mass is 9.68. The van der Waals surface area contributed by atoms with Crippen molar-refractivity contribution in [2.24, 2.45) is 11.1 Å². The summed E-state index contributed by atoms with van der Waals surface area (Å²) in [7, 11) is 3.55. The second kappa shape index (κ2) is 6.17. The molecule has 0 spiro atoms. The minimum atomic E-state index is -0.0940. The van der Waals surface area contributed by atoms with Gasteiger partial charge in [0.2, 0.25) is 0 Å². The highest BCUT2D eigenvalue weighted by Crippen LogP contribution is 2.43. The van der Waals surface area contributed by atoms with E-state index in [2.05, 4.69) is 13.8 Å². The van der Waals surface area contributed by atoms with Crippen molar-refractivity contribution in [1.29, 1.82) is 0 Å². The first-order chi connectivity index (χ1) is 7.96. The van der Waals surface area contributed by atoms with Crippen LogP contribution in [0.4, 0.5) is 0 Å². The highest BCUT2D eigenvalue weighted by Gasteiger charge is 2.42. The summed E-state index contributed by atoms with van der Waals surface area (Å²) in [6.45, 7) is 5.46. The average Bonchev–Trinajstić information content (AvgIpc) is 2.30. The number of methoxy groups -OCH3 is 2. The zero-order valence-corrected chi connectivity index (χ0v) is 11.9. The van der Waals surface area contributed by atoms with Gasteiger partial charge in [-0.3, -0.25) is 0 Å². The molecule has 0 radical (unpaired) electrons. The van der Waals surface area contributed by atoms with Gasteiger partial charge in [-0.25, -0.2) is 0 Å². The van der Waals surface area contributed by atoms with E-state index in [0.29, 0.717) is 5.41 Å². The maximum absolute atomic E-state index is 6.34. The topological polar surface area (TPSA) is 44.5 Å². The van der Waals surface area contributed by atoms with Gasteiger partial charge in [-0.2, -0.15) is 0 Å². The van der Waals surface area contributed by atoms with Gasteiger partial charge >= 0.3 is 0 Å². The summed E-state index contributed by atoms with van der Waals surface area (Å²) >= 11 is 0. The van der Waals surface area contributed by atoms with Gasteiger partial charge in [-0.1, -0.05) is 13.8 Å². The van der Waals surface area contributed by atoms with Gasteiger partial charge in [-0.15, -0.1) is 0 Å². The molecule has 17 heavy (non-hydrogen) atoms. The molecule has 1 fully saturated rings. The molecule has 0 saturated heterocycles. The normalized spacial score (nSPS) is 24.5. The maximum Gasteiger partial charge on any atom is 0.0829 e. The Hall–Kier alpha value is -0.120. The third-order valence-corrected chi connectivity index (χ3v) is 4.40.